The lowest BCUT2D eigenvalue weighted by Crippen LogP contribution is -2.48. The fourth-order valence-corrected chi connectivity index (χ4v) is 5.43. The summed E-state index contributed by atoms with van der Waals surface area (Å²) in [6, 6.07) is 13.1. The molecule has 35 heavy (non-hydrogen) atoms. The van der Waals surface area contributed by atoms with E-state index in [4.69, 9.17) is 26.1 Å². The molecule has 1 fully saturated rings. The molecule has 1 aliphatic rings. The molecule has 3 heterocycles. The van der Waals surface area contributed by atoms with Crippen LogP contribution in [0.3, 0.4) is 0 Å². The molecule has 1 amide bonds. The SMILES string of the molecule is COc1ccc(C(=O)N2CCN(Cc3c(-c4ccc(Cl)cc4)nc4sc(C)cn34)CC2)c(OC)c1. The second-order valence-electron chi connectivity index (χ2n) is 8.54. The molecule has 2 aromatic heterocycles. The van der Waals surface area contributed by atoms with Crippen LogP contribution in [-0.4, -0.2) is 65.5 Å². The number of hydrogen-bond donors (Lipinski definition) is 0. The molecule has 5 rings (SSSR count). The number of methoxy groups -OCH3 is 2. The number of thiazole rings is 1. The Morgan fingerprint density at radius 3 is 2.49 bits per heavy atom. The molecule has 182 valence electrons. The summed E-state index contributed by atoms with van der Waals surface area (Å²) in [5.74, 6) is 1.17. The van der Waals surface area contributed by atoms with Gasteiger partial charge in [-0.3, -0.25) is 14.1 Å². The van der Waals surface area contributed by atoms with Gasteiger partial charge < -0.3 is 14.4 Å². The van der Waals surface area contributed by atoms with Crippen LogP contribution in [0.15, 0.2) is 48.7 Å². The lowest BCUT2D eigenvalue weighted by atomic mass is 10.1. The van der Waals surface area contributed by atoms with Crippen molar-refractivity contribution < 1.29 is 14.3 Å². The summed E-state index contributed by atoms with van der Waals surface area (Å²) in [7, 11) is 3.17. The number of aryl methyl sites for hydroxylation is 1. The molecule has 0 atom stereocenters. The highest BCUT2D eigenvalue weighted by Gasteiger charge is 2.26. The number of aromatic nitrogens is 2. The Bertz CT molecular complexity index is 1360. The Morgan fingerprint density at radius 1 is 1.06 bits per heavy atom. The maximum absolute atomic E-state index is 13.2. The third kappa shape index (κ3) is 4.74. The normalized spacial score (nSPS) is 14.5. The zero-order chi connectivity index (χ0) is 24.5. The zero-order valence-electron chi connectivity index (χ0n) is 20.0. The minimum Gasteiger partial charge on any atom is -0.497 e. The van der Waals surface area contributed by atoms with Gasteiger partial charge in [0.05, 0.1) is 31.2 Å². The average molecular weight is 511 g/mol. The second-order valence-corrected chi connectivity index (χ2v) is 10.2. The van der Waals surface area contributed by atoms with Gasteiger partial charge >= 0.3 is 0 Å². The lowest BCUT2D eigenvalue weighted by Gasteiger charge is -2.35. The number of imidazole rings is 1. The largest absolute Gasteiger partial charge is 0.497 e. The Morgan fingerprint density at radius 2 is 1.80 bits per heavy atom. The molecule has 0 unspecified atom stereocenters. The molecule has 0 N–H and O–H groups in total. The van der Waals surface area contributed by atoms with Crippen molar-refractivity contribution in [2.75, 3.05) is 40.4 Å². The van der Waals surface area contributed by atoms with E-state index in [1.54, 1.807) is 43.8 Å². The summed E-state index contributed by atoms with van der Waals surface area (Å²) >= 11 is 7.80. The first-order chi connectivity index (χ1) is 17.0. The Labute approximate surface area is 213 Å². The highest BCUT2D eigenvalue weighted by atomic mass is 35.5. The van der Waals surface area contributed by atoms with Crippen molar-refractivity contribution in [3.63, 3.8) is 0 Å². The van der Waals surface area contributed by atoms with E-state index in [1.165, 1.54) is 4.88 Å². The number of benzene rings is 2. The predicted molar refractivity (Wildman–Crippen MR) is 139 cm³/mol. The zero-order valence-corrected chi connectivity index (χ0v) is 21.5. The molecule has 4 aromatic rings. The van der Waals surface area contributed by atoms with Gasteiger partial charge in [-0.05, 0) is 31.2 Å². The number of fused-ring (bicyclic) bond motifs is 1. The van der Waals surface area contributed by atoms with E-state index >= 15 is 0 Å². The van der Waals surface area contributed by atoms with Gasteiger partial charge in [0.1, 0.15) is 11.5 Å². The second kappa shape index (κ2) is 9.89. The summed E-state index contributed by atoms with van der Waals surface area (Å²) in [6.07, 6.45) is 2.15. The van der Waals surface area contributed by atoms with E-state index in [2.05, 4.69) is 22.4 Å². The molecular formula is C26H27ClN4O3S. The first-order valence-electron chi connectivity index (χ1n) is 11.4. The molecule has 0 spiro atoms. The van der Waals surface area contributed by atoms with Gasteiger partial charge in [-0.1, -0.05) is 23.7 Å². The minimum absolute atomic E-state index is 0.0220. The smallest absolute Gasteiger partial charge is 0.257 e. The number of rotatable bonds is 6. The minimum atomic E-state index is -0.0220. The van der Waals surface area contributed by atoms with Crippen LogP contribution in [0.25, 0.3) is 16.2 Å². The number of halogens is 1. The molecule has 0 saturated carbocycles. The van der Waals surface area contributed by atoms with Crippen molar-refractivity contribution >= 4 is 33.8 Å². The van der Waals surface area contributed by atoms with E-state index < -0.39 is 0 Å². The number of nitrogens with zero attached hydrogens (tertiary/aromatic N) is 4. The summed E-state index contributed by atoms with van der Waals surface area (Å²) in [6.45, 7) is 5.71. The Balaban J connectivity index is 1.33. The number of hydrogen-bond acceptors (Lipinski definition) is 6. The van der Waals surface area contributed by atoms with Crippen LogP contribution in [0.5, 0.6) is 11.5 Å². The quantitative estimate of drug-likeness (QED) is 0.365. The van der Waals surface area contributed by atoms with Crippen LogP contribution in [-0.2, 0) is 6.54 Å². The fourth-order valence-electron chi connectivity index (χ4n) is 4.46. The van der Waals surface area contributed by atoms with Crippen LogP contribution in [0.2, 0.25) is 5.02 Å². The van der Waals surface area contributed by atoms with Crippen molar-refractivity contribution in [2.45, 2.75) is 13.5 Å². The first-order valence-corrected chi connectivity index (χ1v) is 12.6. The molecular weight excluding hydrogens is 484 g/mol. The van der Waals surface area contributed by atoms with Gasteiger partial charge in [0, 0.05) is 60.5 Å². The van der Waals surface area contributed by atoms with Gasteiger partial charge in [0.15, 0.2) is 4.96 Å². The standard InChI is InChI=1S/C26H27ClN4O3S/c1-17-15-31-22(24(28-26(31)35-17)18-4-6-19(27)7-5-18)16-29-10-12-30(13-11-29)25(32)21-9-8-20(33-2)14-23(21)34-3/h4-9,14-15H,10-13,16H2,1-3H3. The summed E-state index contributed by atoms with van der Waals surface area (Å²) < 4.78 is 12.9. The van der Waals surface area contributed by atoms with Crippen molar-refractivity contribution in [3.8, 4) is 22.8 Å². The molecule has 0 aliphatic carbocycles. The van der Waals surface area contributed by atoms with Crippen LogP contribution < -0.4 is 9.47 Å². The van der Waals surface area contributed by atoms with Gasteiger partial charge in [-0.2, -0.15) is 0 Å². The van der Waals surface area contributed by atoms with E-state index in [-0.39, 0.29) is 5.91 Å². The highest BCUT2D eigenvalue weighted by molar-refractivity contribution is 7.17. The number of piperazine rings is 1. The van der Waals surface area contributed by atoms with Crippen molar-refractivity contribution in [3.05, 3.63) is 69.8 Å². The predicted octanol–water partition coefficient (Wildman–Crippen LogP) is 5.00. The maximum Gasteiger partial charge on any atom is 0.257 e. The van der Waals surface area contributed by atoms with Crippen molar-refractivity contribution in [1.29, 1.82) is 0 Å². The highest BCUT2D eigenvalue weighted by Crippen LogP contribution is 2.31. The van der Waals surface area contributed by atoms with Gasteiger partial charge in [0.25, 0.3) is 5.91 Å². The number of ether oxygens (including phenoxy) is 2. The van der Waals surface area contributed by atoms with E-state index in [0.717, 1.165) is 41.5 Å². The Hall–Kier alpha value is -3.07. The molecule has 7 nitrogen and oxygen atoms in total. The third-order valence-electron chi connectivity index (χ3n) is 6.33. The van der Waals surface area contributed by atoms with Crippen molar-refractivity contribution in [2.24, 2.45) is 0 Å². The lowest BCUT2D eigenvalue weighted by molar-refractivity contribution is 0.0623. The van der Waals surface area contributed by atoms with E-state index in [0.29, 0.717) is 35.2 Å². The molecule has 0 bridgehead atoms. The topological polar surface area (TPSA) is 59.3 Å². The Kier molecular flexibility index (Phi) is 6.69. The van der Waals surface area contributed by atoms with Crippen molar-refractivity contribution in [1.82, 2.24) is 19.2 Å². The third-order valence-corrected chi connectivity index (χ3v) is 7.48. The number of carbonyl (C=O) groups excluding carboxylic acids is 1. The van der Waals surface area contributed by atoms with Crippen LogP contribution in [0, 0.1) is 6.92 Å². The summed E-state index contributed by atoms with van der Waals surface area (Å²) in [4.78, 5) is 24.6. The molecule has 0 radical (unpaired) electrons. The van der Waals surface area contributed by atoms with Crippen LogP contribution in [0.4, 0.5) is 0 Å². The summed E-state index contributed by atoms with van der Waals surface area (Å²) in [5, 5.41) is 0.710. The summed E-state index contributed by atoms with van der Waals surface area (Å²) in [5.41, 5.74) is 3.74. The fraction of sp³-hybridized carbons (Fsp3) is 0.308. The van der Waals surface area contributed by atoms with Crippen LogP contribution >= 0.6 is 22.9 Å². The average Bonchev–Trinajstić information content (AvgIpc) is 3.40. The maximum atomic E-state index is 13.2. The number of carbonyl (C=O) groups is 1. The monoisotopic (exact) mass is 510 g/mol. The van der Waals surface area contributed by atoms with Crippen LogP contribution in [0.1, 0.15) is 20.9 Å². The molecule has 1 saturated heterocycles. The first kappa shape index (κ1) is 23.7. The van der Waals surface area contributed by atoms with Gasteiger partial charge in [-0.15, -0.1) is 11.3 Å². The van der Waals surface area contributed by atoms with Gasteiger partial charge in [0.2, 0.25) is 0 Å². The molecule has 1 aliphatic heterocycles. The van der Waals surface area contributed by atoms with Gasteiger partial charge in [-0.25, -0.2) is 4.98 Å². The molecule has 2 aromatic carbocycles. The number of amides is 1. The molecule has 9 heteroatoms. The van der Waals surface area contributed by atoms with E-state index in [9.17, 15) is 4.79 Å². The van der Waals surface area contributed by atoms with E-state index in [1.807, 2.05) is 29.2 Å².